The van der Waals surface area contributed by atoms with E-state index in [4.69, 9.17) is 16.7 Å². The van der Waals surface area contributed by atoms with Crippen LogP contribution in [-0.2, 0) is 9.59 Å². The molecule has 0 amide bonds. The molecule has 1 saturated carbocycles. The van der Waals surface area contributed by atoms with Gasteiger partial charge in [-0.2, -0.15) is 0 Å². The van der Waals surface area contributed by atoms with E-state index in [1.54, 1.807) is 12.1 Å². The summed E-state index contributed by atoms with van der Waals surface area (Å²) in [6.07, 6.45) is 1.22. The molecule has 0 heterocycles. The van der Waals surface area contributed by atoms with Gasteiger partial charge in [0.1, 0.15) is 5.78 Å². The number of rotatable bonds is 2. The van der Waals surface area contributed by atoms with Gasteiger partial charge in [0.05, 0.1) is 5.92 Å². The van der Waals surface area contributed by atoms with Gasteiger partial charge in [0.2, 0.25) is 0 Å². The fourth-order valence-corrected chi connectivity index (χ4v) is 2.50. The van der Waals surface area contributed by atoms with Gasteiger partial charge in [-0.25, -0.2) is 0 Å². The average Bonchev–Trinajstić information content (AvgIpc) is 2.30. The third kappa shape index (κ3) is 2.67. The summed E-state index contributed by atoms with van der Waals surface area (Å²) in [7, 11) is 0. The first-order valence-corrected chi connectivity index (χ1v) is 5.95. The predicted octanol–water partition coefficient (Wildman–Crippen LogP) is 2.88. The zero-order chi connectivity index (χ0) is 12.4. The third-order valence-corrected chi connectivity index (χ3v) is 3.53. The van der Waals surface area contributed by atoms with E-state index in [0.29, 0.717) is 17.9 Å². The minimum atomic E-state index is -0.891. The number of aliphatic carboxylic acids is 1. The molecule has 0 radical (unpaired) electrons. The minimum Gasteiger partial charge on any atom is -0.481 e. The second-order valence-electron chi connectivity index (χ2n) is 4.38. The lowest BCUT2D eigenvalue weighted by Crippen LogP contribution is -2.29. The van der Waals surface area contributed by atoms with Crippen molar-refractivity contribution < 1.29 is 14.7 Å². The fourth-order valence-electron chi connectivity index (χ4n) is 2.38. The second-order valence-corrected chi connectivity index (χ2v) is 4.82. The Morgan fingerprint density at radius 1 is 1.29 bits per heavy atom. The maximum atomic E-state index is 11.3. The van der Waals surface area contributed by atoms with Gasteiger partial charge in [-0.1, -0.05) is 23.7 Å². The van der Waals surface area contributed by atoms with Crippen molar-refractivity contribution >= 4 is 23.4 Å². The Bertz CT molecular complexity index is 438. The molecule has 1 fully saturated rings. The summed E-state index contributed by atoms with van der Waals surface area (Å²) >= 11 is 5.80. The number of carboxylic acid groups (broad SMARTS) is 1. The highest BCUT2D eigenvalue weighted by molar-refractivity contribution is 6.30. The lowest BCUT2D eigenvalue weighted by molar-refractivity contribution is -0.146. The summed E-state index contributed by atoms with van der Waals surface area (Å²) in [6.45, 7) is 0. The normalized spacial score (nSPS) is 24.6. The van der Waals surface area contributed by atoms with Gasteiger partial charge in [-0.15, -0.1) is 0 Å². The maximum absolute atomic E-state index is 11.3. The van der Waals surface area contributed by atoms with E-state index in [1.807, 2.05) is 12.1 Å². The molecule has 0 spiro atoms. The number of ketones is 1. The fraction of sp³-hybridized carbons (Fsp3) is 0.385. The summed E-state index contributed by atoms with van der Waals surface area (Å²) < 4.78 is 0. The van der Waals surface area contributed by atoms with Gasteiger partial charge in [-0.05, 0) is 30.0 Å². The number of hydrogen-bond donors (Lipinski definition) is 1. The lowest BCUT2D eigenvalue weighted by atomic mass is 9.75. The number of carbonyl (C=O) groups is 2. The predicted molar refractivity (Wildman–Crippen MR) is 64.2 cm³/mol. The van der Waals surface area contributed by atoms with Gasteiger partial charge in [0, 0.05) is 17.9 Å². The summed E-state index contributed by atoms with van der Waals surface area (Å²) in [6, 6.07) is 7.20. The van der Waals surface area contributed by atoms with E-state index >= 15 is 0 Å². The molecule has 1 aromatic carbocycles. The number of hydrogen-bond acceptors (Lipinski definition) is 2. The van der Waals surface area contributed by atoms with Crippen LogP contribution in [0.3, 0.4) is 0 Å². The van der Waals surface area contributed by atoms with Crippen LogP contribution in [0.4, 0.5) is 0 Å². The first-order chi connectivity index (χ1) is 8.08. The number of carboxylic acids is 1. The van der Waals surface area contributed by atoms with Crippen molar-refractivity contribution in [2.24, 2.45) is 5.92 Å². The zero-order valence-corrected chi connectivity index (χ0v) is 9.98. The van der Waals surface area contributed by atoms with Crippen molar-refractivity contribution in [1.29, 1.82) is 0 Å². The summed E-state index contributed by atoms with van der Waals surface area (Å²) in [5.41, 5.74) is 0.953. The quantitative estimate of drug-likeness (QED) is 0.881. The van der Waals surface area contributed by atoms with Crippen LogP contribution in [0.15, 0.2) is 24.3 Å². The molecule has 2 rings (SSSR count). The molecule has 0 bridgehead atoms. The van der Waals surface area contributed by atoms with Crippen LogP contribution in [0.5, 0.6) is 0 Å². The van der Waals surface area contributed by atoms with Crippen LogP contribution in [-0.4, -0.2) is 16.9 Å². The Hall–Kier alpha value is -1.35. The molecule has 90 valence electrons. The average molecular weight is 253 g/mol. The highest BCUT2D eigenvalue weighted by Gasteiger charge is 2.35. The molecule has 2 unspecified atom stereocenters. The monoisotopic (exact) mass is 252 g/mol. The highest BCUT2D eigenvalue weighted by Crippen LogP contribution is 2.36. The molecule has 3 nitrogen and oxygen atoms in total. The molecule has 1 aliphatic carbocycles. The molecule has 4 heteroatoms. The van der Waals surface area contributed by atoms with Crippen molar-refractivity contribution in [3.63, 3.8) is 0 Å². The molecular weight excluding hydrogens is 240 g/mol. The lowest BCUT2D eigenvalue weighted by Gasteiger charge is -2.28. The summed E-state index contributed by atoms with van der Waals surface area (Å²) in [5.74, 6) is -1.53. The SMILES string of the molecule is O=C1CCC(c2ccc(Cl)cc2)C(C(=O)O)C1. The number of benzene rings is 1. The van der Waals surface area contributed by atoms with Gasteiger partial charge in [0.25, 0.3) is 0 Å². The summed E-state index contributed by atoms with van der Waals surface area (Å²) in [4.78, 5) is 22.5. The molecule has 0 saturated heterocycles. The molecule has 2 atom stereocenters. The van der Waals surface area contributed by atoms with E-state index in [9.17, 15) is 9.59 Å². The molecule has 1 aromatic rings. The van der Waals surface area contributed by atoms with Crippen molar-refractivity contribution in [2.75, 3.05) is 0 Å². The first-order valence-electron chi connectivity index (χ1n) is 5.58. The number of Topliss-reactive ketones (excluding diaryl/α,β-unsaturated/α-hetero) is 1. The number of carbonyl (C=O) groups excluding carboxylic acids is 1. The molecule has 17 heavy (non-hydrogen) atoms. The van der Waals surface area contributed by atoms with Crippen LogP contribution >= 0.6 is 11.6 Å². The van der Waals surface area contributed by atoms with Crippen molar-refractivity contribution in [3.05, 3.63) is 34.9 Å². The molecule has 1 N–H and O–H groups in total. The van der Waals surface area contributed by atoms with Gasteiger partial charge >= 0.3 is 5.97 Å². The van der Waals surface area contributed by atoms with Gasteiger partial charge in [0.15, 0.2) is 0 Å². The Kier molecular flexibility index (Phi) is 3.48. The van der Waals surface area contributed by atoms with Crippen LogP contribution in [0.2, 0.25) is 5.02 Å². The Balaban J connectivity index is 2.26. The Morgan fingerprint density at radius 3 is 2.53 bits per heavy atom. The Morgan fingerprint density at radius 2 is 1.94 bits per heavy atom. The van der Waals surface area contributed by atoms with Crippen molar-refractivity contribution in [1.82, 2.24) is 0 Å². The largest absolute Gasteiger partial charge is 0.481 e. The highest BCUT2D eigenvalue weighted by atomic mass is 35.5. The molecule has 0 aromatic heterocycles. The topological polar surface area (TPSA) is 54.4 Å². The second kappa shape index (κ2) is 4.88. The van der Waals surface area contributed by atoms with Gasteiger partial charge < -0.3 is 5.11 Å². The number of halogens is 1. The van der Waals surface area contributed by atoms with E-state index in [2.05, 4.69) is 0 Å². The van der Waals surface area contributed by atoms with Crippen LogP contribution in [0.1, 0.15) is 30.7 Å². The van der Waals surface area contributed by atoms with E-state index in [-0.39, 0.29) is 18.1 Å². The minimum absolute atomic E-state index is 0.0441. The zero-order valence-electron chi connectivity index (χ0n) is 9.23. The van der Waals surface area contributed by atoms with Crippen LogP contribution < -0.4 is 0 Å². The van der Waals surface area contributed by atoms with E-state index in [1.165, 1.54) is 0 Å². The Labute approximate surface area is 104 Å². The standard InChI is InChI=1S/C13H13ClO3/c14-9-3-1-8(2-4-9)11-6-5-10(15)7-12(11)13(16)17/h1-4,11-12H,5-7H2,(H,16,17). The molecular formula is C13H13ClO3. The third-order valence-electron chi connectivity index (χ3n) is 3.28. The van der Waals surface area contributed by atoms with E-state index < -0.39 is 11.9 Å². The summed E-state index contributed by atoms with van der Waals surface area (Å²) in [5, 5.41) is 9.80. The van der Waals surface area contributed by atoms with Crippen LogP contribution in [0.25, 0.3) is 0 Å². The van der Waals surface area contributed by atoms with Crippen molar-refractivity contribution in [3.8, 4) is 0 Å². The smallest absolute Gasteiger partial charge is 0.307 e. The van der Waals surface area contributed by atoms with Crippen molar-refractivity contribution in [2.45, 2.75) is 25.2 Å². The molecule has 1 aliphatic rings. The maximum Gasteiger partial charge on any atom is 0.307 e. The van der Waals surface area contributed by atoms with E-state index in [0.717, 1.165) is 5.56 Å². The first kappa shape index (κ1) is 12.1. The molecule has 0 aliphatic heterocycles. The van der Waals surface area contributed by atoms with Gasteiger partial charge in [-0.3, -0.25) is 9.59 Å². The van der Waals surface area contributed by atoms with Crippen LogP contribution in [0, 0.1) is 5.92 Å².